The van der Waals surface area contributed by atoms with Crippen molar-refractivity contribution in [2.24, 2.45) is 5.92 Å². The van der Waals surface area contributed by atoms with E-state index in [4.69, 9.17) is 0 Å². The minimum atomic E-state index is 0.786. The van der Waals surface area contributed by atoms with Crippen molar-refractivity contribution >= 4 is 11.6 Å². The standard InChI is InChI=1S/C17H22N4/c1-18-16-12-17(20-13-19-16)21-9-7-15(8-10-21)11-14-5-3-2-4-6-14/h2-6,12-13,15H,7-11H2,1H3,(H,18,19,20). The molecule has 2 heterocycles. The molecule has 1 aromatic heterocycles. The largest absolute Gasteiger partial charge is 0.373 e. The third kappa shape index (κ3) is 3.51. The second-order valence-electron chi connectivity index (χ2n) is 5.63. The SMILES string of the molecule is CNc1cc(N2CCC(Cc3ccccc3)CC2)ncn1. The number of nitrogens with zero attached hydrogens (tertiary/aromatic N) is 3. The van der Waals surface area contributed by atoms with Crippen LogP contribution in [0.25, 0.3) is 0 Å². The van der Waals surface area contributed by atoms with E-state index in [1.807, 2.05) is 13.1 Å². The molecule has 1 aliphatic heterocycles. The maximum absolute atomic E-state index is 4.39. The second-order valence-corrected chi connectivity index (χ2v) is 5.63. The van der Waals surface area contributed by atoms with E-state index < -0.39 is 0 Å². The topological polar surface area (TPSA) is 41.0 Å². The second kappa shape index (κ2) is 6.57. The fourth-order valence-corrected chi connectivity index (χ4v) is 2.97. The summed E-state index contributed by atoms with van der Waals surface area (Å²) in [4.78, 5) is 10.9. The predicted octanol–water partition coefficient (Wildman–Crippen LogP) is 2.98. The summed E-state index contributed by atoms with van der Waals surface area (Å²) in [5.41, 5.74) is 1.45. The van der Waals surface area contributed by atoms with Crippen molar-refractivity contribution in [2.45, 2.75) is 19.3 Å². The van der Waals surface area contributed by atoms with Crippen LogP contribution in [0.15, 0.2) is 42.7 Å². The Bertz CT molecular complexity index is 562. The first kappa shape index (κ1) is 13.9. The highest BCUT2D eigenvalue weighted by Gasteiger charge is 2.20. The number of hydrogen-bond acceptors (Lipinski definition) is 4. The normalized spacial score (nSPS) is 16.0. The summed E-state index contributed by atoms with van der Waals surface area (Å²) in [6.07, 6.45) is 5.29. The number of aromatic nitrogens is 2. The molecule has 4 heteroatoms. The van der Waals surface area contributed by atoms with Crippen molar-refractivity contribution < 1.29 is 0 Å². The zero-order valence-corrected chi connectivity index (χ0v) is 12.5. The Morgan fingerprint density at radius 1 is 1.14 bits per heavy atom. The summed E-state index contributed by atoms with van der Waals surface area (Å²) in [5.74, 6) is 2.70. The molecule has 0 amide bonds. The molecule has 1 aromatic carbocycles. The van der Waals surface area contributed by atoms with Crippen LogP contribution in [0.4, 0.5) is 11.6 Å². The molecule has 21 heavy (non-hydrogen) atoms. The van der Waals surface area contributed by atoms with Crippen molar-refractivity contribution in [3.8, 4) is 0 Å². The van der Waals surface area contributed by atoms with Crippen molar-refractivity contribution in [3.63, 3.8) is 0 Å². The summed E-state index contributed by atoms with van der Waals surface area (Å²) in [6.45, 7) is 2.16. The molecular formula is C17H22N4. The minimum absolute atomic E-state index is 0.786. The maximum Gasteiger partial charge on any atom is 0.134 e. The molecule has 1 aliphatic rings. The van der Waals surface area contributed by atoms with Gasteiger partial charge in [-0.3, -0.25) is 0 Å². The number of benzene rings is 1. The van der Waals surface area contributed by atoms with E-state index in [0.29, 0.717) is 0 Å². The highest BCUT2D eigenvalue weighted by molar-refractivity contribution is 5.48. The van der Waals surface area contributed by atoms with Crippen LogP contribution in [0.3, 0.4) is 0 Å². The van der Waals surface area contributed by atoms with Crippen molar-refractivity contribution in [1.29, 1.82) is 0 Å². The van der Waals surface area contributed by atoms with Crippen LogP contribution in [0.5, 0.6) is 0 Å². The summed E-state index contributed by atoms with van der Waals surface area (Å²) in [6, 6.07) is 12.8. The van der Waals surface area contributed by atoms with Crippen LogP contribution in [-0.2, 0) is 6.42 Å². The molecule has 1 N–H and O–H groups in total. The van der Waals surface area contributed by atoms with E-state index in [9.17, 15) is 0 Å². The average Bonchev–Trinajstić information content (AvgIpc) is 2.56. The Hall–Kier alpha value is -2.10. The summed E-state index contributed by atoms with van der Waals surface area (Å²) in [7, 11) is 1.89. The number of anilines is 2. The molecule has 0 spiro atoms. The van der Waals surface area contributed by atoms with Crippen LogP contribution in [0.2, 0.25) is 0 Å². The highest BCUT2D eigenvalue weighted by atomic mass is 15.2. The van der Waals surface area contributed by atoms with Gasteiger partial charge in [0.1, 0.15) is 18.0 Å². The molecule has 3 rings (SSSR count). The molecule has 110 valence electrons. The molecule has 0 unspecified atom stereocenters. The van der Waals surface area contributed by atoms with Crippen LogP contribution in [-0.4, -0.2) is 30.1 Å². The van der Waals surface area contributed by atoms with Gasteiger partial charge < -0.3 is 10.2 Å². The fourth-order valence-electron chi connectivity index (χ4n) is 2.97. The van der Waals surface area contributed by atoms with Gasteiger partial charge in [-0.15, -0.1) is 0 Å². The lowest BCUT2D eigenvalue weighted by Gasteiger charge is -2.33. The minimum Gasteiger partial charge on any atom is -0.373 e. The van der Waals surface area contributed by atoms with Gasteiger partial charge >= 0.3 is 0 Å². The Morgan fingerprint density at radius 3 is 2.62 bits per heavy atom. The van der Waals surface area contributed by atoms with Gasteiger partial charge in [0.05, 0.1) is 0 Å². The van der Waals surface area contributed by atoms with Crippen LogP contribution >= 0.6 is 0 Å². The molecule has 2 aromatic rings. The van der Waals surface area contributed by atoms with Crippen LogP contribution < -0.4 is 10.2 Å². The van der Waals surface area contributed by atoms with E-state index in [1.54, 1.807) is 6.33 Å². The molecule has 0 saturated carbocycles. The van der Waals surface area contributed by atoms with Crippen molar-refractivity contribution in [2.75, 3.05) is 30.4 Å². The first-order chi connectivity index (χ1) is 10.3. The van der Waals surface area contributed by atoms with E-state index >= 15 is 0 Å². The quantitative estimate of drug-likeness (QED) is 0.936. The van der Waals surface area contributed by atoms with Crippen molar-refractivity contribution in [3.05, 3.63) is 48.3 Å². The molecule has 0 bridgehead atoms. The van der Waals surface area contributed by atoms with Gasteiger partial charge in [-0.1, -0.05) is 30.3 Å². The Morgan fingerprint density at radius 2 is 1.90 bits per heavy atom. The molecular weight excluding hydrogens is 260 g/mol. The van der Waals surface area contributed by atoms with Crippen LogP contribution in [0.1, 0.15) is 18.4 Å². The highest BCUT2D eigenvalue weighted by Crippen LogP contribution is 2.25. The average molecular weight is 282 g/mol. The Labute approximate surface area is 126 Å². The lowest BCUT2D eigenvalue weighted by molar-refractivity contribution is 0.402. The van der Waals surface area contributed by atoms with E-state index in [2.05, 4.69) is 50.5 Å². The monoisotopic (exact) mass is 282 g/mol. The zero-order valence-electron chi connectivity index (χ0n) is 12.5. The number of hydrogen-bond donors (Lipinski definition) is 1. The summed E-state index contributed by atoms with van der Waals surface area (Å²) < 4.78 is 0. The zero-order chi connectivity index (χ0) is 14.5. The molecule has 1 saturated heterocycles. The van der Waals surface area contributed by atoms with Crippen LogP contribution in [0, 0.1) is 5.92 Å². The molecule has 1 fully saturated rings. The van der Waals surface area contributed by atoms with Gasteiger partial charge in [-0.25, -0.2) is 9.97 Å². The van der Waals surface area contributed by atoms with Crippen molar-refractivity contribution in [1.82, 2.24) is 9.97 Å². The smallest absolute Gasteiger partial charge is 0.134 e. The van der Waals surface area contributed by atoms with Gasteiger partial charge in [0.15, 0.2) is 0 Å². The third-order valence-corrected chi connectivity index (χ3v) is 4.21. The third-order valence-electron chi connectivity index (χ3n) is 4.21. The van der Waals surface area contributed by atoms with E-state index in [1.165, 1.54) is 24.8 Å². The van der Waals surface area contributed by atoms with Gasteiger partial charge in [-0.05, 0) is 30.7 Å². The van der Waals surface area contributed by atoms with Gasteiger partial charge in [0.25, 0.3) is 0 Å². The number of piperidine rings is 1. The fraction of sp³-hybridized carbons (Fsp3) is 0.412. The lowest BCUT2D eigenvalue weighted by atomic mass is 9.90. The Balaban J connectivity index is 1.57. The number of rotatable bonds is 4. The van der Waals surface area contributed by atoms with Gasteiger partial charge in [0.2, 0.25) is 0 Å². The Kier molecular flexibility index (Phi) is 4.34. The molecule has 0 aliphatic carbocycles. The summed E-state index contributed by atoms with van der Waals surface area (Å²) in [5, 5.41) is 3.07. The molecule has 4 nitrogen and oxygen atoms in total. The van der Waals surface area contributed by atoms with E-state index in [-0.39, 0.29) is 0 Å². The van der Waals surface area contributed by atoms with E-state index in [0.717, 1.165) is 30.6 Å². The molecule has 0 atom stereocenters. The van der Waals surface area contributed by atoms with Gasteiger partial charge in [0, 0.05) is 26.2 Å². The lowest BCUT2D eigenvalue weighted by Crippen LogP contribution is -2.34. The van der Waals surface area contributed by atoms with Gasteiger partial charge in [-0.2, -0.15) is 0 Å². The maximum atomic E-state index is 4.39. The molecule has 0 radical (unpaired) electrons. The first-order valence-corrected chi connectivity index (χ1v) is 7.64. The number of nitrogens with one attached hydrogen (secondary N) is 1. The summed E-state index contributed by atoms with van der Waals surface area (Å²) >= 11 is 0. The predicted molar refractivity (Wildman–Crippen MR) is 86.7 cm³/mol. The first-order valence-electron chi connectivity index (χ1n) is 7.64.